The molecule has 3 fully saturated rings. The van der Waals surface area contributed by atoms with E-state index in [1.807, 2.05) is 24.3 Å². The normalized spacial score (nSPS) is 38.6. The predicted molar refractivity (Wildman–Crippen MR) is 119 cm³/mol. The maximum atomic E-state index is 11.3. The zero-order valence-corrected chi connectivity index (χ0v) is 19.6. The van der Waals surface area contributed by atoms with Gasteiger partial charge in [0.05, 0.1) is 41.7 Å². The van der Waals surface area contributed by atoms with Crippen LogP contribution in [-0.4, -0.2) is 49.6 Å². The largest absolute Gasteiger partial charge is 0.513 e. The molecule has 0 aliphatic heterocycles. The molecule has 0 aromatic heterocycles. The molecular weight excluding hydrogens is 396 g/mol. The highest BCUT2D eigenvalue weighted by atomic mass is 28.4. The van der Waals surface area contributed by atoms with Gasteiger partial charge in [0.1, 0.15) is 0 Å². The molecule has 4 aliphatic carbocycles. The van der Waals surface area contributed by atoms with E-state index < -0.39 is 25.4 Å². The van der Waals surface area contributed by atoms with Crippen molar-refractivity contribution in [2.24, 2.45) is 11.3 Å². The van der Waals surface area contributed by atoms with Crippen LogP contribution in [0.15, 0.2) is 42.2 Å². The van der Waals surface area contributed by atoms with Gasteiger partial charge in [0, 0.05) is 25.9 Å². The Morgan fingerprint density at radius 2 is 1.90 bits per heavy atom. The van der Waals surface area contributed by atoms with Crippen LogP contribution in [0.25, 0.3) is 0 Å². The highest BCUT2D eigenvalue weighted by molar-refractivity contribution is 6.69. The van der Waals surface area contributed by atoms with E-state index in [1.165, 1.54) is 0 Å². The van der Waals surface area contributed by atoms with Crippen molar-refractivity contribution in [1.29, 1.82) is 0 Å². The Morgan fingerprint density at radius 1 is 1.17 bits per heavy atom. The Labute approximate surface area is 181 Å². The van der Waals surface area contributed by atoms with Crippen LogP contribution in [0.5, 0.6) is 0 Å². The predicted octanol–water partition coefficient (Wildman–Crippen LogP) is 4.57. The number of fused-ring (bicyclic) bond motifs is 2. The quantitative estimate of drug-likeness (QED) is 0.644. The number of benzene rings is 1. The van der Waals surface area contributed by atoms with E-state index in [9.17, 15) is 10.2 Å². The van der Waals surface area contributed by atoms with Crippen molar-refractivity contribution in [3.05, 3.63) is 47.7 Å². The molecule has 0 amide bonds. The molecule has 2 N–H and O–H groups in total. The third-order valence-electron chi connectivity index (χ3n) is 7.49. The smallest absolute Gasteiger partial charge is 0.184 e. The summed E-state index contributed by atoms with van der Waals surface area (Å²) in [5.74, 6) is 0.477. The highest BCUT2D eigenvalue weighted by Gasteiger charge is 2.70. The minimum Gasteiger partial charge on any atom is -0.513 e. The Balaban J connectivity index is 1.69. The summed E-state index contributed by atoms with van der Waals surface area (Å²) in [6, 6.07) is 10.3. The molecule has 4 aliphatic rings. The van der Waals surface area contributed by atoms with E-state index in [-0.39, 0.29) is 30.3 Å². The number of aliphatic hydroxyl groups is 2. The molecular formula is C24H36O5Si. The molecule has 0 radical (unpaired) electrons. The lowest BCUT2D eigenvalue weighted by molar-refractivity contribution is -0.298. The first kappa shape index (κ1) is 22.0. The molecule has 6 atom stereocenters. The van der Waals surface area contributed by atoms with Crippen molar-refractivity contribution >= 4 is 8.32 Å². The zero-order valence-electron chi connectivity index (χ0n) is 18.6. The zero-order chi connectivity index (χ0) is 21.6. The molecule has 1 spiro atoms. The summed E-state index contributed by atoms with van der Waals surface area (Å²) in [5.41, 5.74) is 0.0849. The maximum Gasteiger partial charge on any atom is 0.184 e. The minimum absolute atomic E-state index is 0.0255. The molecule has 5 nitrogen and oxygen atoms in total. The van der Waals surface area contributed by atoms with Gasteiger partial charge in [-0.1, -0.05) is 30.3 Å². The second-order valence-corrected chi connectivity index (χ2v) is 14.7. The first-order chi connectivity index (χ1) is 14.2. The van der Waals surface area contributed by atoms with Crippen molar-refractivity contribution in [3.8, 4) is 0 Å². The Hall–Kier alpha value is -1.18. The van der Waals surface area contributed by atoms with E-state index in [2.05, 4.69) is 31.8 Å². The molecule has 1 aromatic carbocycles. The fourth-order valence-corrected chi connectivity index (χ4v) is 7.31. The van der Waals surface area contributed by atoms with Crippen LogP contribution in [0.4, 0.5) is 0 Å². The monoisotopic (exact) mass is 432 g/mol. The van der Waals surface area contributed by atoms with Crippen molar-refractivity contribution < 1.29 is 24.1 Å². The average molecular weight is 433 g/mol. The molecule has 30 heavy (non-hydrogen) atoms. The SMILES string of the molecule is CO[C@]12CC[C@H]([C@@H](OCc3ccccc3)C1)[C@@H](O[Si](C)(C)C)[C@@]21CC=C(O)C[C@H]1O. The standard InChI is InChI=1S/C24H36O5Si/c1-27-23-12-11-19(20(15-23)28-16-17-8-6-5-7-9-17)22(29-30(2,3)4)24(23)13-10-18(25)14-21(24)26/h5-10,19-22,25-26H,11-16H2,1-4H3/t19-,20+,21-,22-,23-,24+/m1/s1. The summed E-state index contributed by atoms with van der Waals surface area (Å²) in [5, 5.41) is 21.5. The van der Waals surface area contributed by atoms with Gasteiger partial charge in [-0.25, -0.2) is 0 Å². The van der Waals surface area contributed by atoms with Crippen molar-refractivity contribution in [2.45, 2.75) is 82.3 Å². The number of rotatable bonds is 6. The first-order valence-electron chi connectivity index (χ1n) is 11.2. The fraction of sp³-hybridized carbons (Fsp3) is 0.667. The molecule has 1 aromatic rings. The summed E-state index contributed by atoms with van der Waals surface area (Å²) >= 11 is 0. The van der Waals surface area contributed by atoms with Gasteiger partial charge in [0.15, 0.2) is 8.32 Å². The second-order valence-electron chi connectivity index (χ2n) is 10.3. The molecule has 3 saturated carbocycles. The summed E-state index contributed by atoms with van der Waals surface area (Å²) in [4.78, 5) is 0. The van der Waals surface area contributed by atoms with Gasteiger partial charge < -0.3 is 24.1 Å². The highest BCUT2D eigenvalue weighted by Crippen LogP contribution is 2.63. The van der Waals surface area contributed by atoms with E-state index in [4.69, 9.17) is 13.9 Å². The van der Waals surface area contributed by atoms with E-state index in [0.717, 1.165) is 24.8 Å². The van der Waals surface area contributed by atoms with Gasteiger partial charge in [-0.2, -0.15) is 0 Å². The number of allylic oxidation sites excluding steroid dienone is 1. The second kappa shape index (κ2) is 8.06. The van der Waals surface area contributed by atoms with E-state index >= 15 is 0 Å². The molecule has 0 saturated heterocycles. The Kier molecular flexibility index (Phi) is 5.92. The van der Waals surface area contributed by atoms with Crippen LogP contribution in [0.3, 0.4) is 0 Å². The first-order valence-corrected chi connectivity index (χ1v) is 14.6. The summed E-state index contributed by atoms with van der Waals surface area (Å²) in [6.45, 7) is 7.16. The molecule has 2 bridgehead atoms. The van der Waals surface area contributed by atoms with E-state index in [1.54, 1.807) is 7.11 Å². The van der Waals surface area contributed by atoms with Crippen LogP contribution < -0.4 is 0 Å². The van der Waals surface area contributed by atoms with Gasteiger partial charge in [-0.3, -0.25) is 0 Å². The van der Waals surface area contributed by atoms with Crippen molar-refractivity contribution in [3.63, 3.8) is 0 Å². The summed E-state index contributed by atoms with van der Waals surface area (Å²) in [7, 11) is -0.144. The third-order valence-corrected chi connectivity index (χ3v) is 8.45. The molecule has 0 unspecified atom stereocenters. The number of aliphatic hydroxyl groups excluding tert-OH is 2. The summed E-state index contributed by atoms with van der Waals surface area (Å²) < 4.78 is 19.6. The van der Waals surface area contributed by atoms with Gasteiger partial charge in [0.2, 0.25) is 0 Å². The third kappa shape index (κ3) is 3.67. The van der Waals surface area contributed by atoms with Gasteiger partial charge in [0.25, 0.3) is 0 Å². The number of hydrogen-bond acceptors (Lipinski definition) is 5. The van der Waals surface area contributed by atoms with Crippen LogP contribution in [0.1, 0.15) is 37.7 Å². The average Bonchev–Trinajstić information content (AvgIpc) is 2.71. The van der Waals surface area contributed by atoms with Crippen LogP contribution in [-0.2, 0) is 20.5 Å². The number of methoxy groups -OCH3 is 1. The molecule has 6 heteroatoms. The lowest BCUT2D eigenvalue weighted by Gasteiger charge is -2.67. The Bertz CT molecular complexity index is 776. The minimum atomic E-state index is -1.91. The molecule has 0 heterocycles. The van der Waals surface area contributed by atoms with E-state index in [0.29, 0.717) is 13.0 Å². The van der Waals surface area contributed by atoms with Crippen molar-refractivity contribution in [1.82, 2.24) is 0 Å². The number of ether oxygens (including phenoxy) is 2. The molecule has 166 valence electrons. The van der Waals surface area contributed by atoms with Gasteiger partial charge in [-0.05, 0) is 50.5 Å². The van der Waals surface area contributed by atoms with Crippen molar-refractivity contribution in [2.75, 3.05) is 7.11 Å². The summed E-state index contributed by atoms with van der Waals surface area (Å²) in [6.07, 6.45) is 4.49. The van der Waals surface area contributed by atoms with Crippen LogP contribution in [0, 0.1) is 11.3 Å². The lowest BCUT2D eigenvalue weighted by Crippen LogP contribution is -2.74. The van der Waals surface area contributed by atoms with Gasteiger partial charge in [-0.15, -0.1) is 0 Å². The maximum absolute atomic E-state index is 11.3. The molecule has 5 rings (SSSR count). The number of hydrogen-bond donors (Lipinski definition) is 2. The van der Waals surface area contributed by atoms with Crippen LogP contribution in [0.2, 0.25) is 19.6 Å². The van der Waals surface area contributed by atoms with Gasteiger partial charge >= 0.3 is 0 Å². The fourth-order valence-electron chi connectivity index (χ4n) is 6.17. The van der Waals surface area contributed by atoms with Crippen LogP contribution >= 0.6 is 0 Å². The topological polar surface area (TPSA) is 68.2 Å². The Morgan fingerprint density at radius 3 is 2.53 bits per heavy atom. The lowest BCUT2D eigenvalue weighted by atomic mass is 9.46.